The fourth-order valence-electron chi connectivity index (χ4n) is 3.11. The van der Waals surface area contributed by atoms with Gasteiger partial charge in [0, 0.05) is 24.7 Å². The van der Waals surface area contributed by atoms with E-state index < -0.39 is 5.92 Å². The Morgan fingerprint density at radius 1 is 1.32 bits per heavy atom. The number of hydrogen-bond acceptors (Lipinski definition) is 4. The van der Waals surface area contributed by atoms with Crippen molar-refractivity contribution >= 4 is 23.3 Å². The zero-order valence-corrected chi connectivity index (χ0v) is 15.0. The molecule has 25 heavy (non-hydrogen) atoms. The van der Waals surface area contributed by atoms with E-state index in [0.717, 1.165) is 11.3 Å². The lowest BCUT2D eigenvalue weighted by molar-refractivity contribution is -0.122. The van der Waals surface area contributed by atoms with Gasteiger partial charge in [0.05, 0.1) is 5.92 Å². The molecule has 1 fully saturated rings. The van der Waals surface area contributed by atoms with Crippen LogP contribution in [0.4, 0.5) is 11.5 Å². The summed E-state index contributed by atoms with van der Waals surface area (Å²) in [5, 5.41) is 6.48. The zero-order valence-electron chi connectivity index (χ0n) is 15.0. The summed E-state index contributed by atoms with van der Waals surface area (Å²) in [6.07, 6.45) is 0.196. The Hall–Kier alpha value is -2.63. The number of aromatic nitrogens is 1. The molecule has 0 spiro atoms. The topological polar surface area (TPSA) is 75.4 Å². The average molecular weight is 341 g/mol. The number of para-hydroxylation sites is 1. The van der Waals surface area contributed by atoms with Crippen molar-refractivity contribution in [1.29, 1.82) is 0 Å². The number of aryl methyl sites for hydroxylation is 1. The van der Waals surface area contributed by atoms with Gasteiger partial charge in [-0.3, -0.25) is 9.59 Å². The molecule has 1 saturated heterocycles. The SMILES string of the molecule is Cc1cc(NC(=O)C2CC(=O)N(c3ccccc3C(C)(C)C)C2)no1. The first-order valence-electron chi connectivity index (χ1n) is 8.40. The molecule has 1 N–H and O–H groups in total. The minimum absolute atomic E-state index is 0.0341. The molecule has 1 aromatic carbocycles. The average Bonchev–Trinajstić information content (AvgIpc) is 3.12. The standard InChI is InChI=1S/C19H23N3O3/c1-12-9-16(21-25-12)20-18(24)13-10-17(23)22(11-13)15-8-6-5-7-14(15)19(2,3)4/h5-9,13H,10-11H2,1-4H3,(H,20,21,24). The third-order valence-corrected chi connectivity index (χ3v) is 4.38. The van der Waals surface area contributed by atoms with Crippen LogP contribution in [-0.2, 0) is 15.0 Å². The fourth-order valence-corrected chi connectivity index (χ4v) is 3.11. The van der Waals surface area contributed by atoms with E-state index in [1.807, 2.05) is 24.3 Å². The van der Waals surface area contributed by atoms with Gasteiger partial charge in [0.25, 0.3) is 0 Å². The van der Waals surface area contributed by atoms with Gasteiger partial charge >= 0.3 is 0 Å². The maximum atomic E-state index is 12.5. The Labute approximate surface area is 147 Å². The maximum Gasteiger partial charge on any atom is 0.231 e. The normalized spacial score (nSPS) is 17.8. The minimum Gasteiger partial charge on any atom is -0.360 e. The van der Waals surface area contributed by atoms with Crippen LogP contribution in [-0.4, -0.2) is 23.5 Å². The van der Waals surface area contributed by atoms with E-state index in [0.29, 0.717) is 18.1 Å². The number of anilines is 2. The van der Waals surface area contributed by atoms with Crippen molar-refractivity contribution in [3.8, 4) is 0 Å². The van der Waals surface area contributed by atoms with Crippen LogP contribution in [0.1, 0.15) is 38.5 Å². The third-order valence-electron chi connectivity index (χ3n) is 4.38. The first-order chi connectivity index (χ1) is 11.8. The van der Waals surface area contributed by atoms with Gasteiger partial charge in [-0.1, -0.05) is 44.1 Å². The van der Waals surface area contributed by atoms with E-state index in [1.165, 1.54) is 0 Å². The quantitative estimate of drug-likeness (QED) is 0.929. The molecule has 1 atom stereocenters. The number of nitrogens with one attached hydrogen (secondary N) is 1. The smallest absolute Gasteiger partial charge is 0.231 e. The monoisotopic (exact) mass is 341 g/mol. The first kappa shape index (κ1) is 17.2. The number of hydrogen-bond donors (Lipinski definition) is 1. The second-order valence-corrected chi connectivity index (χ2v) is 7.48. The van der Waals surface area contributed by atoms with Crippen molar-refractivity contribution in [3.63, 3.8) is 0 Å². The maximum absolute atomic E-state index is 12.5. The van der Waals surface area contributed by atoms with E-state index in [-0.39, 0.29) is 23.7 Å². The molecule has 1 unspecified atom stereocenters. The molecule has 2 amide bonds. The van der Waals surface area contributed by atoms with E-state index in [2.05, 4.69) is 31.2 Å². The van der Waals surface area contributed by atoms with Gasteiger partial charge in [-0.2, -0.15) is 0 Å². The van der Waals surface area contributed by atoms with Crippen LogP contribution in [0.15, 0.2) is 34.9 Å². The minimum atomic E-state index is -0.405. The summed E-state index contributed by atoms with van der Waals surface area (Å²) in [5.74, 6) is 0.352. The van der Waals surface area contributed by atoms with Gasteiger partial charge in [0.1, 0.15) is 5.76 Å². The van der Waals surface area contributed by atoms with Crippen molar-refractivity contribution in [3.05, 3.63) is 41.7 Å². The van der Waals surface area contributed by atoms with Gasteiger partial charge in [0.2, 0.25) is 11.8 Å². The van der Waals surface area contributed by atoms with Crippen molar-refractivity contribution < 1.29 is 14.1 Å². The van der Waals surface area contributed by atoms with Gasteiger partial charge in [0.15, 0.2) is 5.82 Å². The fraction of sp³-hybridized carbons (Fsp3) is 0.421. The van der Waals surface area contributed by atoms with Crippen LogP contribution < -0.4 is 10.2 Å². The molecule has 2 heterocycles. The lowest BCUT2D eigenvalue weighted by Crippen LogP contribution is -2.30. The number of amides is 2. The van der Waals surface area contributed by atoms with Crippen LogP contribution in [0.3, 0.4) is 0 Å². The van der Waals surface area contributed by atoms with E-state index in [4.69, 9.17) is 4.52 Å². The first-order valence-corrected chi connectivity index (χ1v) is 8.40. The Kier molecular flexibility index (Phi) is 4.37. The molecule has 0 bridgehead atoms. The molecule has 1 aliphatic heterocycles. The molecule has 0 aliphatic carbocycles. The third kappa shape index (κ3) is 3.57. The Bertz CT molecular complexity index is 804. The summed E-state index contributed by atoms with van der Waals surface area (Å²) < 4.78 is 4.95. The lowest BCUT2D eigenvalue weighted by Gasteiger charge is -2.27. The summed E-state index contributed by atoms with van der Waals surface area (Å²) in [5.41, 5.74) is 1.89. The Morgan fingerprint density at radius 2 is 2.04 bits per heavy atom. The second-order valence-electron chi connectivity index (χ2n) is 7.48. The lowest BCUT2D eigenvalue weighted by atomic mass is 9.85. The van der Waals surface area contributed by atoms with Crippen LogP contribution in [0.2, 0.25) is 0 Å². The van der Waals surface area contributed by atoms with E-state index in [1.54, 1.807) is 17.9 Å². The van der Waals surface area contributed by atoms with Crippen molar-refractivity contribution in [1.82, 2.24) is 5.16 Å². The summed E-state index contributed by atoms with van der Waals surface area (Å²) in [6, 6.07) is 9.53. The van der Waals surface area contributed by atoms with Crippen LogP contribution in [0, 0.1) is 12.8 Å². The highest BCUT2D eigenvalue weighted by atomic mass is 16.5. The second kappa shape index (κ2) is 6.35. The number of carbonyl (C=O) groups excluding carboxylic acids is 2. The summed E-state index contributed by atoms with van der Waals surface area (Å²) in [7, 11) is 0. The molecule has 6 heteroatoms. The highest BCUT2D eigenvalue weighted by molar-refractivity contribution is 6.03. The Morgan fingerprint density at radius 3 is 2.68 bits per heavy atom. The van der Waals surface area contributed by atoms with Crippen LogP contribution in [0.5, 0.6) is 0 Å². The van der Waals surface area contributed by atoms with Crippen molar-refractivity contribution in [2.75, 3.05) is 16.8 Å². The predicted molar refractivity (Wildman–Crippen MR) is 95.5 cm³/mol. The summed E-state index contributed by atoms with van der Waals surface area (Å²) >= 11 is 0. The molecule has 132 valence electrons. The molecule has 3 rings (SSSR count). The number of benzene rings is 1. The Balaban J connectivity index is 1.78. The molecule has 0 saturated carbocycles. The van der Waals surface area contributed by atoms with Crippen LogP contribution >= 0.6 is 0 Å². The van der Waals surface area contributed by atoms with E-state index >= 15 is 0 Å². The number of carbonyl (C=O) groups is 2. The largest absolute Gasteiger partial charge is 0.360 e. The highest BCUT2D eigenvalue weighted by Gasteiger charge is 2.37. The van der Waals surface area contributed by atoms with Gasteiger partial charge in [-0.05, 0) is 24.0 Å². The zero-order chi connectivity index (χ0) is 18.2. The molecule has 2 aromatic rings. The molecule has 0 radical (unpaired) electrons. The number of nitrogens with zero attached hydrogens (tertiary/aromatic N) is 2. The molecule has 6 nitrogen and oxygen atoms in total. The van der Waals surface area contributed by atoms with Crippen LogP contribution in [0.25, 0.3) is 0 Å². The predicted octanol–water partition coefficient (Wildman–Crippen LogP) is 3.27. The van der Waals surface area contributed by atoms with Crippen molar-refractivity contribution in [2.45, 2.75) is 39.5 Å². The van der Waals surface area contributed by atoms with E-state index in [9.17, 15) is 9.59 Å². The van der Waals surface area contributed by atoms with Crippen molar-refractivity contribution in [2.24, 2.45) is 5.92 Å². The summed E-state index contributed by atoms with van der Waals surface area (Å²) in [4.78, 5) is 26.7. The van der Waals surface area contributed by atoms with Gasteiger partial charge < -0.3 is 14.7 Å². The molecular formula is C19H23N3O3. The summed E-state index contributed by atoms with van der Waals surface area (Å²) in [6.45, 7) is 8.47. The highest BCUT2D eigenvalue weighted by Crippen LogP contribution is 2.35. The van der Waals surface area contributed by atoms with Gasteiger partial charge in [-0.15, -0.1) is 0 Å². The molecule has 1 aromatic heterocycles. The number of rotatable bonds is 3. The van der Waals surface area contributed by atoms with Gasteiger partial charge in [-0.25, -0.2) is 0 Å². The molecular weight excluding hydrogens is 318 g/mol. The molecule has 1 aliphatic rings.